The first-order valence-electron chi connectivity index (χ1n) is 13.3. The Labute approximate surface area is 220 Å². The van der Waals surface area contributed by atoms with Crippen LogP contribution >= 0.6 is 11.5 Å². The summed E-state index contributed by atoms with van der Waals surface area (Å²) in [7, 11) is 1.46. The number of anilines is 3. The smallest absolute Gasteiger partial charge is 0.308 e. The molecule has 2 N–H and O–H groups in total. The zero-order valence-electron chi connectivity index (χ0n) is 21.5. The number of hydrogen-bond acceptors (Lipinski definition) is 10. The van der Waals surface area contributed by atoms with Gasteiger partial charge >= 0.3 is 5.97 Å². The molecule has 1 aliphatic heterocycles. The Morgan fingerprint density at radius 3 is 2.62 bits per heavy atom. The fourth-order valence-corrected chi connectivity index (χ4v) is 6.61. The van der Waals surface area contributed by atoms with Crippen molar-refractivity contribution < 1.29 is 14.3 Å². The van der Waals surface area contributed by atoms with Gasteiger partial charge in [0.1, 0.15) is 10.5 Å². The van der Waals surface area contributed by atoms with E-state index in [9.17, 15) is 4.79 Å². The summed E-state index contributed by atoms with van der Waals surface area (Å²) in [6.07, 6.45) is 8.22. The second-order valence-corrected chi connectivity index (χ2v) is 11.3. The third-order valence-corrected chi connectivity index (χ3v) is 8.86. The van der Waals surface area contributed by atoms with E-state index in [2.05, 4.69) is 30.7 Å². The zero-order chi connectivity index (χ0) is 25.4. The summed E-state index contributed by atoms with van der Waals surface area (Å²) in [6, 6.07) is 5.30. The lowest BCUT2D eigenvalue weighted by Gasteiger charge is -2.39. The van der Waals surface area contributed by atoms with Crippen LogP contribution in [-0.4, -0.2) is 75.3 Å². The average molecular weight is 526 g/mol. The average Bonchev–Trinajstić information content (AvgIpc) is 3.50. The van der Waals surface area contributed by atoms with Crippen molar-refractivity contribution in [3.05, 3.63) is 24.0 Å². The number of morpholine rings is 1. The maximum atomic E-state index is 12.0. The number of nitrogens with zero attached hydrogens (tertiary/aromatic N) is 5. The molecule has 0 bridgehead atoms. The Kier molecular flexibility index (Phi) is 7.00. The van der Waals surface area contributed by atoms with Crippen LogP contribution in [0.4, 0.5) is 16.8 Å². The summed E-state index contributed by atoms with van der Waals surface area (Å²) in [5, 5.41) is 8.06. The van der Waals surface area contributed by atoms with Gasteiger partial charge in [-0.3, -0.25) is 9.69 Å². The van der Waals surface area contributed by atoms with Gasteiger partial charge in [0.05, 0.1) is 37.5 Å². The summed E-state index contributed by atoms with van der Waals surface area (Å²) < 4.78 is 17.1. The van der Waals surface area contributed by atoms with Gasteiger partial charge in [0.15, 0.2) is 5.82 Å². The highest BCUT2D eigenvalue weighted by Gasteiger charge is 2.37. The molecule has 198 valence electrons. The molecule has 6 rings (SSSR count). The summed E-state index contributed by atoms with van der Waals surface area (Å²) in [5.41, 5.74) is 2.87. The number of aryl methyl sites for hydroxylation is 1. The minimum atomic E-state index is -0.120. The first-order valence-corrected chi connectivity index (χ1v) is 14.1. The number of methoxy groups -OCH3 is 1. The second-order valence-electron chi connectivity index (χ2n) is 10.5. The molecule has 1 saturated heterocycles. The lowest BCUT2D eigenvalue weighted by molar-refractivity contribution is -0.149. The van der Waals surface area contributed by atoms with E-state index in [0.29, 0.717) is 18.0 Å². The molecule has 3 aliphatic rings. The highest BCUT2D eigenvalue weighted by Crippen LogP contribution is 2.42. The topological polar surface area (TPSA) is 106 Å². The maximum Gasteiger partial charge on any atom is 0.308 e. The minimum absolute atomic E-state index is 0.0317. The number of nitrogens with one attached hydrogen (secondary N) is 2. The van der Waals surface area contributed by atoms with Gasteiger partial charge in [-0.1, -0.05) is 0 Å². The minimum Gasteiger partial charge on any atom is -0.469 e. The van der Waals surface area contributed by atoms with E-state index < -0.39 is 0 Å². The largest absolute Gasteiger partial charge is 0.469 e. The molecule has 3 aromatic heterocycles. The first kappa shape index (κ1) is 24.6. The van der Waals surface area contributed by atoms with Gasteiger partial charge in [0.2, 0.25) is 5.95 Å². The van der Waals surface area contributed by atoms with E-state index in [4.69, 9.17) is 19.4 Å². The van der Waals surface area contributed by atoms with E-state index in [1.807, 2.05) is 19.1 Å². The lowest BCUT2D eigenvalue weighted by atomic mass is 9.80. The van der Waals surface area contributed by atoms with E-state index >= 15 is 0 Å². The molecular weight excluding hydrogens is 490 g/mol. The molecule has 37 heavy (non-hydrogen) atoms. The van der Waals surface area contributed by atoms with Crippen LogP contribution in [0.15, 0.2) is 18.3 Å². The quantitative estimate of drug-likeness (QED) is 0.441. The number of rotatable bonds is 7. The number of fused-ring (bicyclic) bond motifs is 1. The van der Waals surface area contributed by atoms with Gasteiger partial charge in [-0.25, -0.2) is 4.98 Å². The normalized spacial score (nSPS) is 26.5. The standard InChI is InChI=1S/C26H35N7O3S/c1-16-13-22(37-31-16)29-26-28-21-7-8-33(20-14-17(15-20)25(34)35-2)23(21)24(30-26)27-18-3-5-19(6-4-18)32-9-11-36-12-10-32/h7-8,13,17-20H,3-6,9-12,14-15H2,1-2H3,(H2,27,28,29,30)/t17?,18-,19-,20?. The third kappa shape index (κ3) is 5.17. The molecule has 10 nitrogen and oxygen atoms in total. The van der Waals surface area contributed by atoms with Crippen LogP contribution in [0.1, 0.15) is 50.3 Å². The monoisotopic (exact) mass is 525 g/mol. The van der Waals surface area contributed by atoms with Gasteiger partial charge < -0.3 is 24.7 Å². The van der Waals surface area contributed by atoms with Crippen LogP contribution in [0.25, 0.3) is 11.0 Å². The predicted octanol–water partition coefficient (Wildman–Crippen LogP) is 4.12. The molecule has 3 aromatic rings. The van der Waals surface area contributed by atoms with Crippen LogP contribution in [-0.2, 0) is 14.3 Å². The Balaban J connectivity index is 1.23. The van der Waals surface area contributed by atoms with Gasteiger partial charge in [0.25, 0.3) is 0 Å². The lowest BCUT2D eigenvalue weighted by Crippen LogP contribution is -2.46. The third-order valence-electron chi connectivity index (χ3n) is 8.07. The number of carbonyl (C=O) groups excluding carboxylic acids is 1. The van der Waals surface area contributed by atoms with Crippen LogP contribution in [0.5, 0.6) is 0 Å². The molecule has 11 heteroatoms. The molecule has 0 radical (unpaired) electrons. The van der Waals surface area contributed by atoms with Crippen molar-refractivity contribution in [2.75, 3.05) is 44.0 Å². The van der Waals surface area contributed by atoms with E-state index in [-0.39, 0.29) is 17.9 Å². The van der Waals surface area contributed by atoms with Gasteiger partial charge in [-0.2, -0.15) is 9.36 Å². The Morgan fingerprint density at radius 2 is 1.92 bits per heavy atom. The number of hydrogen-bond donors (Lipinski definition) is 2. The Morgan fingerprint density at radius 1 is 1.14 bits per heavy atom. The van der Waals surface area contributed by atoms with Crippen LogP contribution in [0.2, 0.25) is 0 Å². The Hall–Kier alpha value is -2.76. The maximum absolute atomic E-state index is 12.0. The number of ether oxygens (including phenoxy) is 2. The van der Waals surface area contributed by atoms with E-state index in [1.54, 1.807) is 0 Å². The zero-order valence-corrected chi connectivity index (χ0v) is 22.3. The molecule has 0 atom stereocenters. The molecule has 3 fully saturated rings. The SMILES string of the molecule is COC(=O)C1CC(n2ccc3nc(Nc4cc(C)ns4)nc(N[C@H]4CC[C@H](N5CCOCC5)CC4)c32)C1. The van der Waals surface area contributed by atoms with Crippen molar-refractivity contribution in [1.29, 1.82) is 0 Å². The predicted molar refractivity (Wildman–Crippen MR) is 143 cm³/mol. The summed E-state index contributed by atoms with van der Waals surface area (Å²) in [6.45, 7) is 5.76. The summed E-state index contributed by atoms with van der Waals surface area (Å²) in [4.78, 5) is 24.4. The number of esters is 1. The fourth-order valence-electron chi connectivity index (χ4n) is 5.96. The number of carbonyl (C=O) groups is 1. The molecular formula is C26H35N7O3S. The highest BCUT2D eigenvalue weighted by atomic mass is 32.1. The molecule has 0 unspecified atom stereocenters. The molecule has 0 spiro atoms. The van der Waals surface area contributed by atoms with E-state index in [1.165, 1.54) is 31.5 Å². The molecule has 0 amide bonds. The molecule has 0 aromatic carbocycles. The molecule has 2 aliphatic carbocycles. The van der Waals surface area contributed by atoms with Gasteiger partial charge in [0, 0.05) is 37.4 Å². The summed E-state index contributed by atoms with van der Waals surface area (Å²) in [5.74, 6) is 1.27. The number of aromatic nitrogens is 4. The van der Waals surface area contributed by atoms with Crippen LogP contribution in [0.3, 0.4) is 0 Å². The van der Waals surface area contributed by atoms with Crippen LogP contribution < -0.4 is 10.6 Å². The van der Waals surface area contributed by atoms with Crippen molar-refractivity contribution in [1.82, 2.24) is 23.8 Å². The Bertz CT molecular complexity index is 1240. The van der Waals surface area contributed by atoms with Crippen molar-refractivity contribution in [2.45, 2.75) is 63.6 Å². The van der Waals surface area contributed by atoms with E-state index in [0.717, 1.165) is 79.5 Å². The highest BCUT2D eigenvalue weighted by molar-refractivity contribution is 7.10. The van der Waals surface area contributed by atoms with Crippen molar-refractivity contribution in [3.63, 3.8) is 0 Å². The summed E-state index contributed by atoms with van der Waals surface area (Å²) >= 11 is 1.41. The van der Waals surface area contributed by atoms with Crippen molar-refractivity contribution >= 4 is 45.3 Å². The van der Waals surface area contributed by atoms with Gasteiger partial charge in [-0.05, 0) is 69.1 Å². The molecule has 2 saturated carbocycles. The first-order chi connectivity index (χ1) is 18.1. The van der Waals surface area contributed by atoms with Crippen molar-refractivity contribution in [3.8, 4) is 0 Å². The van der Waals surface area contributed by atoms with Crippen molar-refractivity contribution in [2.24, 2.45) is 5.92 Å². The molecule has 4 heterocycles. The van der Waals surface area contributed by atoms with Gasteiger partial charge in [-0.15, -0.1) is 0 Å². The van der Waals surface area contributed by atoms with Crippen LogP contribution in [0, 0.1) is 12.8 Å². The second kappa shape index (κ2) is 10.5. The fraction of sp³-hybridized carbons (Fsp3) is 0.615.